The number of aliphatic carboxylic acids is 1. The second-order valence-corrected chi connectivity index (χ2v) is 3.81. The van der Waals surface area contributed by atoms with Gasteiger partial charge >= 0.3 is 5.97 Å². The fourth-order valence-corrected chi connectivity index (χ4v) is 1.000. The summed E-state index contributed by atoms with van der Waals surface area (Å²) in [6, 6.07) is 0. The maximum absolute atomic E-state index is 10.5. The van der Waals surface area contributed by atoms with E-state index in [1.807, 2.05) is 13.8 Å². The van der Waals surface area contributed by atoms with E-state index in [4.69, 9.17) is 10.8 Å². The Morgan fingerprint density at radius 3 is 2.36 bits per heavy atom. The highest BCUT2D eigenvalue weighted by Gasteiger charge is 2.22. The van der Waals surface area contributed by atoms with Crippen molar-refractivity contribution >= 4 is 5.97 Å². The van der Waals surface area contributed by atoms with Gasteiger partial charge in [-0.3, -0.25) is 4.79 Å². The highest BCUT2D eigenvalue weighted by atomic mass is 16.4. The van der Waals surface area contributed by atoms with Crippen LogP contribution in [0.2, 0.25) is 0 Å². The Hall–Kier alpha value is -0.570. The first-order valence-electron chi connectivity index (χ1n) is 3.82. The van der Waals surface area contributed by atoms with Crippen molar-refractivity contribution in [2.75, 3.05) is 6.54 Å². The summed E-state index contributed by atoms with van der Waals surface area (Å²) in [5.41, 5.74) is 5.40. The predicted octanol–water partition coefficient (Wildman–Crippen LogP) is 1.08. The Labute approximate surface area is 67.6 Å². The van der Waals surface area contributed by atoms with Crippen LogP contribution in [0.4, 0.5) is 0 Å². The van der Waals surface area contributed by atoms with Crippen LogP contribution in [-0.4, -0.2) is 17.6 Å². The average molecular weight is 159 g/mol. The SMILES string of the molecule is CC(CC(C)(C)CN)C(=O)O. The van der Waals surface area contributed by atoms with E-state index in [1.54, 1.807) is 6.92 Å². The summed E-state index contributed by atoms with van der Waals surface area (Å²) in [7, 11) is 0. The Bertz CT molecular complexity index is 143. The van der Waals surface area contributed by atoms with Gasteiger partial charge in [0, 0.05) is 0 Å². The Balaban J connectivity index is 3.93. The summed E-state index contributed by atoms with van der Waals surface area (Å²) in [5, 5.41) is 8.60. The van der Waals surface area contributed by atoms with E-state index in [1.165, 1.54) is 0 Å². The standard InChI is InChI=1S/C8H17NO2/c1-6(7(10)11)4-8(2,3)5-9/h6H,4-5,9H2,1-3H3,(H,10,11). The van der Waals surface area contributed by atoms with Gasteiger partial charge in [-0.15, -0.1) is 0 Å². The summed E-state index contributed by atoms with van der Waals surface area (Å²) < 4.78 is 0. The van der Waals surface area contributed by atoms with Gasteiger partial charge in [-0.05, 0) is 18.4 Å². The van der Waals surface area contributed by atoms with Crippen LogP contribution in [0.25, 0.3) is 0 Å². The van der Waals surface area contributed by atoms with Gasteiger partial charge in [-0.25, -0.2) is 0 Å². The van der Waals surface area contributed by atoms with Crippen LogP contribution in [0.3, 0.4) is 0 Å². The minimum absolute atomic E-state index is 0.0577. The first-order valence-corrected chi connectivity index (χ1v) is 3.82. The van der Waals surface area contributed by atoms with Gasteiger partial charge in [0.2, 0.25) is 0 Å². The van der Waals surface area contributed by atoms with Gasteiger partial charge in [0.05, 0.1) is 5.92 Å². The van der Waals surface area contributed by atoms with Gasteiger partial charge in [0.25, 0.3) is 0 Å². The molecule has 0 aliphatic rings. The summed E-state index contributed by atoms with van der Waals surface area (Å²) in [4.78, 5) is 10.5. The molecule has 0 aliphatic carbocycles. The lowest BCUT2D eigenvalue weighted by molar-refractivity contribution is -0.142. The number of hydrogen-bond donors (Lipinski definition) is 2. The lowest BCUT2D eigenvalue weighted by atomic mass is 9.83. The van der Waals surface area contributed by atoms with E-state index in [9.17, 15) is 4.79 Å². The van der Waals surface area contributed by atoms with Crippen molar-refractivity contribution < 1.29 is 9.90 Å². The van der Waals surface area contributed by atoms with Crippen LogP contribution in [0, 0.1) is 11.3 Å². The number of rotatable bonds is 4. The normalized spacial score (nSPS) is 14.5. The predicted molar refractivity (Wildman–Crippen MR) is 44.3 cm³/mol. The first kappa shape index (κ1) is 10.4. The lowest BCUT2D eigenvalue weighted by Gasteiger charge is -2.24. The molecule has 3 nitrogen and oxygen atoms in total. The Kier molecular flexibility index (Phi) is 3.52. The maximum Gasteiger partial charge on any atom is 0.306 e. The molecule has 0 amide bonds. The van der Waals surface area contributed by atoms with Crippen LogP contribution in [0.1, 0.15) is 27.2 Å². The third-order valence-electron chi connectivity index (χ3n) is 1.83. The smallest absolute Gasteiger partial charge is 0.306 e. The van der Waals surface area contributed by atoms with E-state index in [2.05, 4.69) is 0 Å². The molecule has 0 rings (SSSR count). The molecule has 0 aromatic heterocycles. The van der Waals surface area contributed by atoms with Crippen molar-refractivity contribution in [3.63, 3.8) is 0 Å². The van der Waals surface area contributed by atoms with Crippen molar-refractivity contribution in [3.05, 3.63) is 0 Å². The zero-order valence-electron chi connectivity index (χ0n) is 7.42. The second-order valence-electron chi connectivity index (χ2n) is 3.81. The molecule has 0 aliphatic heterocycles. The van der Waals surface area contributed by atoms with Crippen LogP contribution in [0.5, 0.6) is 0 Å². The van der Waals surface area contributed by atoms with E-state index >= 15 is 0 Å². The van der Waals surface area contributed by atoms with Gasteiger partial charge in [0.1, 0.15) is 0 Å². The molecular formula is C8H17NO2. The Morgan fingerprint density at radius 1 is 1.64 bits per heavy atom. The van der Waals surface area contributed by atoms with E-state index in [0.29, 0.717) is 13.0 Å². The van der Waals surface area contributed by atoms with E-state index in [0.717, 1.165) is 0 Å². The van der Waals surface area contributed by atoms with Crippen molar-refractivity contribution in [3.8, 4) is 0 Å². The summed E-state index contributed by atoms with van der Waals surface area (Å²) in [6.07, 6.45) is 0.638. The molecule has 0 aromatic carbocycles. The molecule has 11 heavy (non-hydrogen) atoms. The van der Waals surface area contributed by atoms with Crippen molar-refractivity contribution in [1.82, 2.24) is 0 Å². The van der Waals surface area contributed by atoms with Crippen LogP contribution in [-0.2, 0) is 4.79 Å². The summed E-state index contributed by atoms with van der Waals surface area (Å²) in [5.74, 6) is -1.04. The largest absolute Gasteiger partial charge is 0.481 e. The van der Waals surface area contributed by atoms with Gasteiger partial charge < -0.3 is 10.8 Å². The molecule has 1 unspecified atom stereocenters. The quantitative estimate of drug-likeness (QED) is 0.645. The molecule has 0 saturated carbocycles. The number of hydrogen-bond acceptors (Lipinski definition) is 2. The highest BCUT2D eigenvalue weighted by Crippen LogP contribution is 2.23. The molecule has 0 fully saturated rings. The van der Waals surface area contributed by atoms with Crippen LogP contribution in [0.15, 0.2) is 0 Å². The molecular weight excluding hydrogens is 142 g/mol. The molecule has 1 atom stereocenters. The minimum Gasteiger partial charge on any atom is -0.481 e. The molecule has 3 heteroatoms. The van der Waals surface area contributed by atoms with Gasteiger partial charge in [-0.1, -0.05) is 20.8 Å². The topological polar surface area (TPSA) is 63.3 Å². The van der Waals surface area contributed by atoms with Crippen molar-refractivity contribution in [2.45, 2.75) is 27.2 Å². The fraction of sp³-hybridized carbons (Fsp3) is 0.875. The van der Waals surface area contributed by atoms with E-state index in [-0.39, 0.29) is 11.3 Å². The molecule has 0 saturated heterocycles. The average Bonchev–Trinajstić information content (AvgIpc) is 1.87. The lowest BCUT2D eigenvalue weighted by Crippen LogP contribution is -2.28. The third-order valence-corrected chi connectivity index (χ3v) is 1.83. The summed E-state index contributed by atoms with van der Waals surface area (Å²) in [6.45, 7) is 6.20. The minimum atomic E-state index is -0.744. The highest BCUT2D eigenvalue weighted by molar-refractivity contribution is 5.69. The number of carbonyl (C=O) groups is 1. The zero-order valence-corrected chi connectivity index (χ0v) is 7.42. The summed E-state index contributed by atoms with van der Waals surface area (Å²) >= 11 is 0. The third kappa shape index (κ3) is 3.98. The number of nitrogens with two attached hydrogens (primary N) is 1. The molecule has 66 valence electrons. The first-order chi connectivity index (χ1) is 4.89. The van der Waals surface area contributed by atoms with Crippen LogP contribution < -0.4 is 5.73 Å². The second kappa shape index (κ2) is 3.72. The molecule has 0 aromatic rings. The van der Waals surface area contributed by atoms with Gasteiger partial charge in [-0.2, -0.15) is 0 Å². The molecule has 0 heterocycles. The molecule has 0 bridgehead atoms. The molecule has 0 spiro atoms. The zero-order chi connectivity index (χ0) is 9.07. The van der Waals surface area contributed by atoms with Crippen molar-refractivity contribution in [1.29, 1.82) is 0 Å². The van der Waals surface area contributed by atoms with Crippen LogP contribution >= 0.6 is 0 Å². The van der Waals surface area contributed by atoms with Gasteiger partial charge in [0.15, 0.2) is 0 Å². The number of carboxylic acid groups (broad SMARTS) is 1. The Morgan fingerprint density at radius 2 is 2.09 bits per heavy atom. The maximum atomic E-state index is 10.5. The fourth-order valence-electron chi connectivity index (χ4n) is 1.000. The molecule has 0 radical (unpaired) electrons. The monoisotopic (exact) mass is 159 g/mol. The number of carboxylic acids is 1. The van der Waals surface area contributed by atoms with Crippen molar-refractivity contribution in [2.24, 2.45) is 17.1 Å². The van der Waals surface area contributed by atoms with E-state index < -0.39 is 5.97 Å². The molecule has 3 N–H and O–H groups in total.